The smallest absolute Gasteiger partial charge is 0.416 e. The molecule has 0 amide bonds. The van der Waals surface area contributed by atoms with E-state index in [1.165, 1.54) is 44.8 Å². The van der Waals surface area contributed by atoms with Crippen LogP contribution in [0.25, 0.3) is 16.9 Å². The van der Waals surface area contributed by atoms with E-state index >= 15 is 0 Å². The highest BCUT2D eigenvalue weighted by Crippen LogP contribution is 2.42. The van der Waals surface area contributed by atoms with Crippen molar-refractivity contribution in [1.82, 2.24) is 24.4 Å². The molecule has 7 saturated heterocycles. The van der Waals surface area contributed by atoms with Crippen LogP contribution in [0.3, 0.4) is 0 Å². The molecule has 1 aliphatic carbocycles. The largest absolute Gasteiger partial charge is 1.00 e. The summed E-state index contributed by atoms with van der Waals surface area (Å²) in [6.45, 7) is 23.0. The predicted molar refractivity (Wildman–Crippen MR) is 210 cm³/mol. The first-order valence-corrected chi connectivity index (χ1v) is 21.4. The highest BCUT2D eigenvalue weighted by Gasteiger charge is 2.54. The topological polar surface area (TPSA) is 171 Å². The Hall–Kier alpha value is -3.13. The normalized spacial score (nSPS) is 31.4. The van der Waals surface area contributed by atoms with Gasteiger partial charge >= 0.3 is 10.2 Å². The minimum absolute atomic E-state index is 0. The maximum Gasteiger partial charge on any atom is 0.416 e. The molecule has 1 aromatic carbocycles. The molecule has 2 aromatic heterocycles. The van der Waals surface area contributed by atoms with Crippen LogP contribution < -0.4 is 27.7 Å². The van der Waals surface area contributed by atoms with Gasteiger partial charge in [-0.3, -0.25) is 9.80 Å². The third kappa shape index (κ3) is 10.0. The third-order valence-electron chi connectivity index (χ3n) is 11.7. The Kier molecular flexibility index (Phi) is 13.1. The molecule has 8 aliphatic rings. The van der Waals surface area contributed by atoms with Crippen LogP contribution in [0.1, 0.15) is 46.6 Å². The lowest BCUT2D eigenvalue weighted by atomic mass is 10.1. The van der Waals surface area contributed by atoms with Crippen molar-refractivity contribution in [2.75, 3.05) is 90.5 Å². The molecule has 0 spiro atoms. The van der Waals surface area contributed by atoms with Crippen LogP contribution >= 0.6 is 0 Å². The van der Waals surface area contributed by atoms with Gasteiger partial charge in [-0.1, -0.05) is 48.9 Å². The fourth-order valence-electron chi connectivity index (χ4n) is 8.66. The lowest BCUT2D eigenvalue weighted by Crippen LogP contribution is -3.17. The summed E-state index contributed by atoms with van der Waals surface area (Å²) in [6.07, 6.45) is 1.32. The molecule has 11 rings (SSSR count). The number of piperazine rings is 6. The Morgan fingerprint density at radius 1 is 1.04 bits per heavy atom. The average molecular weight is 834 g/mol. The number of fused-ring (bicyclic) bond motifs is 8. The van der Waals surface area contributed by atoms with Gasteiger partial charge in [-0.15, -0.1) is 8.42 Å². The molecule has 57 heavy (non-hydrogen) atoms. The first kappa shape index (κ1) is 43.4. The van der Waals surface area contributed by atoms with Crippen molar-refractivity contribution >= 4 is 27.8 Å². The fourth-order valence-corrected chi connectivity index (χ4v) is 9.99. The Morgan fingerprint density at radius 3 is 2.23 bits per heavy atom. The van der Waals surface area contributed by atoms with Crippen LogP contribution in [-0.4, -0.2) is 163 Å². The van der Waals surface area contributed by atoms with Crippen LogP contribution in [0.2, 0.25) is 0 Å². The van der Waals surface area contributed by atoms with Crippen molar-refractivity contribution in [2.24, 2.45) is 10.3 Å². The van der Waals surface area contributed by atoms with E-state index in [1.807, 2.05) is 41.5 Å². The van der Waals surface area contributed by atoms with E-state index < -0.39 is 27.7 Å². The number of nitrogens with zero attached hydrogens (tertiary/aromatic N) is 7. The third-order valence-corrected chi connectivity index (χ3v) is 13.6. The number of anilines is 1. The van der Waals surface area contributed by atoms with Gasteiger partial charge in [0.2, 0.25) is 0 Å². The average Bonchev–Trinajstić information content (AvgIpc) is 3.84. The van der Waals surface area contributed by atoms with Crippen molar-refractivity contribution in [1.29, 1.82) is 0 Å². The summed E-state index contributed by atoms with van der Waals surface area (Å²) in [5.41, 5.74) is 3.19. The maximum atomic E-state index is 12.3. The quantitative estimate of drug-likeness (QED) is 0.132. The molecule has 4 atom stereocenters. The predicted octanol–water partition coefficient (Wildman–Crippen LogP) is -2.87. The minimum Gasteiger partial charge on any atom is -1.00 e. The van der Waals surface area contributed by atoms with E-state index in [0.717, 1.165) is 48.8 Å². The summed E-state index contributed by atoms with van der Waals surface area (Å²) in [7, 11) is -3.87. The van der Waals surface area contributed by atoms with E-state index in [2.05, 4.69) is 49.6 Å². The first-order valence-electron chi connectivity index (χ1n) is 20.0. The van der Waals surface area contributed by atoms with Crippen molar-refractivity contribution in [3.63, 3.8) is 0 Å². The molecule has 9 heterocycles. The molecule has 0 radical (unpaired) electrons. The van der Waals surface area contributed by atoms with Gasteiger partial charge < -0.3 is 47.0 Å². The Morgan fingerprint density at radius 2 is 1.67 bits per heavy atom. The zero-order valence-electron chi connectivity index (χ0n) is 34.1. The highest BCUT2D eigenvalue weighted by atomic mass is 35.5. The number of aliphatic hydroxyl groups excluding tert-OH is 1. The summed E-state index contributed by atoms with van der Waals surface area (Å²) in [4.78, 5) is 11.1. The van der Waals surface area contributed by atoms with Gasteiger partial charge in [0.05, 0.1) is 37.5 Å². The molecule has 316 valence electrons. The molecule has 16 nitrogen and oxygen atoms in total. The molecule has 8 fully saturated rings. The number of ether oxygens (including phenoxy) is 3. The van der Waals surface area contributed by atoms with E-state index in [1.54, 1.807) is 27.0 Å². The Labute approximate surface area is 343 Å². The Balaban J connectivity index is 0.000000167. The summed E-state index contributed by atoms with van der Waals surface area (Å²) < 4.78 is 46.9. The molecule has 18 heteroatoms. The molecule has 4 bridgehead atoms. The molecule has 7 aliphatic heterocycles. The number of halogens is 1. The van der Waals surface area contributed by atoms with Crippen molar-refractivity contribution in [3.05, 3.63) is 48.2 Å². The Bertz CT molecular complexity index is 1940. The van der Waals surface area contributed by atoms with Gasteiger partial charge in [-0.05, 0) is 39.3 Å². The van der Waals surface area contributed by atoms with Crippen LogP contribution in [-0.2, 0) is 24.4 Å². The summed E-state index contributed by atoms with van der Waals surface area (Å²) in [5.74, 6) is 0.266. The second-order valence-corrected chi connectivity index (χ2v) is 19.3. The van der Waals surface area contributed by atoms with Crippen LogP contribution in [0.5, 0.6) is 0 Å². The van der Waals surface area contributed by atoms with Gasteiger partial charge in [0.25, 0.3) is 0 Å². The van der Waals surface area contributed by atoms with E-state index in [4.69, 9.17) is 19.3 Å². The standard InChI is InChI=1S/C22H26N4O3.C11H21N3O4S.C6H12N2.ClH/c1-13-5-4-6-14(9-13)16-11-19-23-8-7-18(26(19)25-16)24-17-10-15(12-27)20-21(17)29-22(2,3)28-20;1-11(2,3)18-10(15)12-19(16,17)14-7-4-13(5-8-14)6-9-14;1-2-8-5-3-7(1)4-6-8;/h4-9,11,15,17,20-21,24,27H,10,12H2,1-3H3;4-9H2,1-3H3;1-6H2;1H/t15-,17-,20-,21+;;;/m1.../s1. The summed E-state index contributed by atoms with van der Waals surface area (Å²) >= 11 is 0. The van der Waals surface area contributed by atoms with Crippen molar-refractivity contribution < 1.29 is 54.0 Å². The number of rotatable bonds is 6. The van der Waals surface area contributed by atoms with Gasteiger partial charge in [-0.25, -0.2) is 4.98 Å². The molecule has 0 unspecified atom stereocenters. The number of hydrogen-bond donors (Lipinski definition) is 3. The SMILES string of the molecule is C1C[NH+]2CCN1CC2.CC(C)(C)OC([O-])=NS(=O)(=O)[N+]12CCN(CC1)CC2.Cc1cccc(-c2cc3nccc(N[C@@H]4C[C@H](CO)[C@H]5OC(C)(C)O[C@H]54)n3n2)c1.[Cl-]. The second-order valence-electron chi connectivity index (χ2n) is 17.4. The number of hydrogen-bond acceptors (Lipinski definition) is 12. The molecule has 1 saturated carbocycles. The maximum absolute atomic E-state index is 12.3. The first-order chi connectivity index (χ1) is 26.5. The number of benzene rings is 1. The van der Waals surface area contributed by atoms with Crippen LogP contribution in [0.4, 0.5) is 5.82 Å². The van der Waals surface area contributed by atoms with Gasteiger partial charge in [-0.2, -0.15) is 13.5 Å². The molecule has 3 N–H and O–H groups in total. The summed E-state index contributed by atoms with van der Waals surface area (Å²) in [6, 6.07) is 12.2. The number of aromatic nitrogens is 3. The van der Waals surface area contributed by atoms with Gasteiger partial charge in [0, 0.05) is 75.2 Å². The van der Waals surface area contributed by atoms with E-state index in [0.29, 0.717) is 19.6 Å². The lowest BCUT2D eigenvalue weighted by molar-refractivity contribution is -0.914. The van der Waals surface area contributed by atoms with Crippen molar-refractivity contribution in [2.45, 2.75) is 77.6 Å². The van der Waals surface area contributed by atoms with Crippen LogP contribution in [0.15, 0.2) is 47.0 Å². The monoisotopic (exact) mass is 833 g/mol. The number of aryl methyl sites for hydroxylation is 1. The molecular formula is C39H60ClN9O7S. The fraction of sp³-hybridized carbons (Fsp3) is 0.667. The summed E-state index contributed by atoms with van der Waals surface area (Å²) in [5, 5.41) is 29.8. The van der Waals surface area contributed by atoms with Gasteiger partial charge in [0.1, 0.15) is 31.6 Å². The molecular weight excluding hydrogens is 774 g/mol. The number of nitrogens with one attached hydrogen (secondary N) is 2. The zero-order valence-corrected chi connectivity index (χ0v) is 35.6. The second kappa shape index (κ2) is 17.2. The molecule has 3 aromatic rings. The lowest BCUT2D eigenvalue weighted by Gasteiger charge is -2.47. The van der Waals surface area contributed by atoms with Crippen molar-refractivity contribution in [3.8, 4) is 11.3 Å². The van der Waals surface area contributed by atoms with Crippen LogP contribution in [0, 0.1) is 12.8 Å². The van der Waals surface area contributed by atoms with E-state index in [9.17, 15) is 18.6 Å². The highest BCUT2D eigenvalue weighted by molar-refractivity contribution is 7.84. The minimum atomic E-state index is -3.87. The number of aliphatic hydroxyl groups is 1. The van der Waals surface area contributed by atoms with E-state index in [-0.39, 0.29) is 47.1 Å². The number of quaternary nitrogens is 2. The van der Waals surface area contributed by atoms with Gasteiger partial charge in [0.15, 0.2) is 17.5 Å². The zero-order chi connectivity index (χ0) is 39.9.